The van der Waals surface area contributed by atoms with Gasteiger partial charge in [-0.1, -0.05) is 32.0 Å². The molecule has 0 aromatic heterocycles. The molecule has 4 nitrogen and oxygen atoms in total. The van der Waals surface area contributed by atoms with Gasteiger partial charge in [-0.05, 0) is 38.8 Å². The van der Waals surface area contributed by atoms with E-state index in [0.29, 0.717) is 5.75 Å². The van der Waals surface area contributed by atoms with Crippen molar-refractivity contribution in [2.24, 2.45) is 5.92 Å². The summed E-state index contributed by atoms with van der Waals surface area (Å²) in [5, 5.41) is 5.76. The number of carbonyl (C=O) groups excluding carboxylic acids is 2. The van der Waals surface area contributed by atoms with Gasteiger partial charge in [-0.2, -0.15) is 0 Å². The Labute approximate surface area is 137 Å². The van der Waals surface area contributed by atoms with E-state index in [9.17, 15) is 9.59 Å². The highest BCUT2D eigenvalue weighted by molar-refractivity contribution is 8.00. The van der Waals surface area contributed by atoms with Gasteiger partial charge in [0.1, 0.15) is 6.04 Å². The first kappa shape index (κ1) is 18.6. The van der Waals surface area contributed by atoms with Crippen LogP contribution >= 0.6 is 11.8 Å². The fourth-order valence-corrected chi connectivity index (χ4v) is 2.59. The van der Waals surface area contributed by atoms with Crippen molar-refractivity contribution < 1.29 is 9.59 Å². The molecule has 0 saturated carbocycles. The van der Waals surface area contributed by atoms with Crippen molar-refractivity contribution in [3.05, 3.63) is 30.3 Å². The first-order valence-electron chi connectivity index (χ1n) is 7.48. The number of rotatable bonds is 6. The van der Waals surface area contributed by atoms with E-state index in [1.165, 1.54) is 11.8 Å². The highest BCUT2D eigenvalue weighted by Gasteiger charge is 2.26. The fourth-order valence-electron chi connectivity index (χ4n) is 1.86. The van der Waals surface area contributed by atoms with Gasteiger partial charge in [0.2, 0.25) is 11.8 Å². The second-order valence-corrected chi connectivity index (χ2v) is 7.68. The van der Waals surface area contributed by atoms with E-state index < -0.39 is 6.04 Å². The Morgan fingerprint density at radius 3 is 2.23 bits per heavy atom. The second kappa shape index (κ2) is 8.22. The normalized spacial score (nSPS) is 12.8. The van der Waals surface area contributed by atoms with Crippen molar-refractivity contribution in [3.63, 3.8) is 0 Å². The quantitative estimate of drug-likeness (QED) is 0.792. The number of nitrogens with one attached hydrogen (secondary N) is 2. The third-order valence-electron chi connectivity index (χ3n) is 2.88. The minimum absolute atomic E-state index is 0.0352. The molecule has 0 bridgehead atoms. The minimum atomic E-state index is -0.511. The van der Waals surface area contributed by atoms with Crippen LogP contribution in [0.3, 0.4) is 0 Å². The number of carbonyl (C=O) groups is 2. The molecule has 22 heavy (non-hydrogen) atoms. The van der Waals surface area contributed by atoms with Crippen LogP contribution in [0, 0.1) is 5.92 Å². The molecular weight excluding hydrogens is 296 g/mol. The SMILES string of the molecule is CC(C)[C@@H](NC(=O)CSc1ccccc1)C(=O)NC(C)(C)C. The first-order valence-corrected chi connectivity index (χ1v) is 8.47. The predicted octanol–water partition coefficient (Wildman–Crippen LogP) is 2.83. The third kappa shape index (κ3) is 6.98. The largest absolute Gasteiger partial charge is 0.350 e. The summed E-state index contributed by atoms with van der Waals surface area (Å²) in [5.41, 5.74) is -0.312. The summed E-state index contributed by atoms with van der Waals surface area (Å²) in [6.07, 6.45) is 0. The predicted molar refractivity (Wildman–Crippen MR) is 91.8 cm³/mol. The van der Waals surface area contributed by atoms with Crippen LogP contribution in [0.1, 0.15) is 34.6 Å². The van der Waals surface area contributed by atoms with E-state index in [1.54, 1.807) is 0 Å². The molecule has 0 aliphatic rings. The standard InChI is InChI=1S/C17H26N2O2S/c1-12(2)15(16(21)19-17(3,4)5)18-14(20)11-22-13-9-7-6-8-10-13/h6-10,12,15H,11H2,1-5H3,(H,18,20)(H,19,21)/t15-/m1/s1. The number of benzene rings is 1. The molecule has 1 aromatic rings. The Balaban J connectivity index is 2.55. The molecule has 0 unspecified atom stereocenters. The lowest BCUT2D eigenvalue weighted by molar-refractivity contribution is -0.130. The molecule has 0 saturated heterocycles. The van der Waals surface area contributed by atoms with Gasteiger partial charge in [0, 0.05) is 10.4 Å². The molecule has 0 heterocycles. The van der Waals surface area contributed by atoms with E-state index in [1.807, 2.05) is 65.0 Å². The van der Waals surface area contributed by atoms with Gasteiger partial charge in [0.15, 0.2) is 0 Å². The molecule has 0 radical (unpaired) electrons. The van der Waals surface area contributed by atoms with Crippen LogP contribution < -0.4 is 10.6 Å². The van der Waals surface area contributed by atoms with Crippen LogP contribution in [0.4, 0.5) is 0 Å². The Kier molecular flexibility index (Phi) is 6.94. The molecular formula is C17H26N2O2S. The highest BCUT2D eigenvalue weighted by Crippen LogP contribution is 2.16. The van der Waals surface area contributed by atoms with Crippen molar-refractivity contribution in [2.75, 3.05) is 5.75 Å². The zero-order valence-corrected chi connectivity index (χ0v) is 14.8. The fraction of sp³-hybridized carbons (Fsp3) is 0.529. The Morgan fingerprint density at radius 2 is 1.73 bits per heavy atom. The summed E-state index contributed by atoms with van der Waals surface area (Å²) >= 11 is 1.46. The summed E-state index contributed by atoms with van der Waals surface area (Å²) in [6, 6.07) is 9.23. The number of hydrogen-bond acceptors (Lipinski definition) is 3. The van der Waals surface area contributed by atoms with Crippen LogP contribution in [0.2, 0.25) is 0 Å². The van der Waals surface area contributed by atoms with Crippen molar-refractivity contribution in [1.82, 2.24) is 10.6 Å². The average Bonchev–Trinajstić information content (AvgIpc) is 2.41. The van der Waals surface area contributed by atoms with Crippen LogP contribution in [0.5, 0.6) is 0 Å². The lowest BCUT2D eigenvalue weighted by Crippen LogP contribution is -2.54. The third-order valence-corrected chi connectivity index (χ3v) is 3.89. The van der Waals surface area contributed by atoms with Crippen LogP contribution in [-0.4, -0.2) is 29.1 Å². The van der Waals surface area contributed by atoms with Gasteiger partial charge in [-0.3, -0.25) is 9.59 Å². The second-order valence-electron chi connectivity index (χ2n) is 6.63. The molecule has 122 valence electrons. The maximum Gasteiger partial charge on any atom is 0.243 e. The lowest BCUT2D eigenvalue weighted by Gasteiger charge is -2.27. The molecule has 0 fully saturated rings. The Bertz CT molecular complexity index is 495. The molecule has 1 rings (SSSR count). The van der Waals surface area contributed by atoms with E-state index in [0.717, 1.165) is 4.90 Å². The zero-order chi connectivity index (χ0) is 16.8. The average molecular weight is 322 g/mol. The molecule has 1 aromatic carbocycles. The number of thioether (sulfide) groups is 1. The molecule has 2 N–H and O–H groups in total. The van der Waals surface area contributed by atoms with Gasteiger partial charge in [0.25, 0.3) is 0 Å². The van der Waals surface area contributed by atoms with Crippen molar-refractivity contribution in [2.45, 2.75) is 51.1 Å². The van der Waals surface area contributed by atoms with E-state index in [-0.39, 0.29) is 23.3 Å². The molecule has 5 heteroatoms. The molecule has 1 atom stereocenters. The topological polar surface area (TPSA) is 58.2 Å². The van der Waals surface area contributed by atoms with Gasteiger partial charge in [-0.15, -0.1) is 11.8 Å². The molecule has 0 aliphatic carbocycles. The maximum absolute atomic E-state index is 12.3. The van der Waals surface area contributed by atoms with E-state index in [2.05, 4.69) is 10.6 Å². The molecule has 0 aliphatic heterocycles. The number of amides is 2. The van der Waals surface area contributed by atoms with Gasteiger partial charge in [-0.25, -0.2) is 0 Å². The van der Waals surface area contributed by atoms with Crippen molar-refractivity contribution >= 4 is 23.6 Å². The van der Waals surface area contributed by atoms with E-state index >= 15 is 0 Å². The summed E-state index contributed by atoms with van der Waals surface area (Å²) in [4.78, 5) is 25.4. The van der Waals surface area contributed by atoms with E-state index in [4.69, 9.17) is 0 Å². The highest BCUT2D eigenvalue weighted by atomic mass is 32.2. The lowest BCUT2D eigenvalue weighted by atomic mass is 10.0. The summed E-state index contributed by atoms with van der Waals surface area (Å²) in [5.74, 6) is 0.0703. The number of hydrogen-bond donors (Lipinski definition) is 2. The first-order chi connectivity index (χ1) is 10.2. The van der Waals surface area contributed by atoms with Crippen LogP contribution in [-0.2, 0) is 9.59 Å². The minimum Gasteiger partial charge on any atom is -0.350 e. The summed E-state index contributed by atoms with van der Waals surface area (Å²) in [6.45, 7) is 9.63. The Morgan fingerprint density at radius 1 is 1.14 bits per heavy atom. The van der Waals surface area contributed by atoms with Crippen molar-refractivity contribution in [3.8, 4) is 0 Å². The van der Waals surface area contributed by atoms with Gasteiger partial charge >= 0.3 is 0 Å². The smallest absolute Gasteiger partial charge is 0.243 e. The van der Waals surface area contributed by atoms with Gasteiger partial charge < -0.3 is 10.6 Å². The zero-order valence-electron chi connectivity index (χ0n) is 14.0. The van der Waals surface area contributed by atoms with Crippen molar-refractivity contribution in [1.29, 1.82) is 0 Å². The monoisotopic (exact) mass is 322 g/mol. The van der Waals surface area contributed by atoms with Gasteiger partial charge in [0.05, 0.1) is 5.75 Å². The molecule has 2 amide bonds. The maximum atomic E-state index is 12.3. The summed E-state index contributed by atoms with van der Waals surface area (Å²) < 4.78 is 0. The summed E-state index contributed by atoms with van der Waals surface area (Å²) in [7, 11) is 0. The van der Waals surface area contributed by atoms with Crippen LogP contribution in [0.25, 0.3) is 0 Å². The van der Waals surface area contributed by atoms with Crippen LogP contribution in [0.15, 0.2) is 35.2 Å². The molecule has 0 spiro atoms. The Hall–Kier alpha value is -1.49.